The van der Waals surface area contributed by atoms with Crippen molar-refractivity contribution in [3.8, 4) is 11.5 Å². The Balaban J connectivity index is 0.00000208. The molecule has 1 aromatic heterocycles. The number of hydrogen-bond donors (Lipinski definition) is 1. The van der Waals surface area contributed by atoms with Crippen LogP contribution in [-0.2, 0) is 11.2 Å². The molecule has 2 atom stereocenters. The largest absolute Gasteiger partial charge is 0.444 e. The van der Waals surface area contributed by atoms with Gasteiger partial charge in [0.05, 0.1) is 12.1 Å². The number of aromatic nitrogens is 1. The van der Waals surface area contributed by atoms with E-state index in [0.717, 1.165) is 24.9 Å². The van der Waals surface area contributed by atoms with Crippen molar-refractivity contribution < 1.29 is 9.21 Å². The molecule has 0 spiro atoms. The standard InChI is InChI=1S/C18H23N3O2.ClH/c1-13-7-8-21(16(9-13)11-19)17(22)10-15-12-23-18(20-15)14-5-3-2-4-6-14;/h2-6,12-13,16H,7-11,19H2,1H3;1H. The van der Waals surface area contributed by atoms with Gasteiger partial charge in [0.25, 0.3) is 0 Å². The highest BCUT2D eigenvalue weighted by atomic mass is 35.5. The summed E-state index contributed by atoms with van der Waals surface area (Å²) >= 11 is 0. The van der Waals surface area contributed by atoms with E-state index in [4.69, 9.17) is 10.2 Å². The SMILES string of the molecule is CC1CCN(C(=O)Cc2coc(-c3ccccc3)n2)C(CN)C1.Cl. The van der Waals surface area contributed by atoms with Crippen molar-refractivity contribution in [3.05, 3.63) is 42.3 Å². The molecule has 1 amide bonds. The normalized spacial score (nSPS) is 20.5. The summed E-state index contributed by atoms with van der Waals surface area (Å²) in [6, 6.07) is 9.84. The number of halogens is 1. The van der Waals surface area contributed by atoms with Crippen molar-refractivity contribution in [2.45, 2.75) is 32.2 Å². The Morgan fingerprint density at radius 3 is 2.83 bits per heavy atom. The van der Waals surface area contributed by atoms with Gasteiger partial charge in [0.2, 0.25) is 11.8 Å². The Kier molecular flexibility index (Phi) is 6.40. The number of nitrogens with zero attached hydrogens (tertiary/aromatic N) is 2. The fraction of sp³-hybridized carbons (Fsp3) is 0.444. The van der Waals surface area contributed by atoms with Crippen molar-refractivity contribution in [1.82, 2.24) is 9.88 Å². The summed E-state index contributed by atoms with van der Waals surface area (Å²) in [6.07, 6.45) is 3.86. The van der Waals surface area contributed by atoms with Gasteiger partial charge < -0.3 is 15.1 Å². The minimum atomic E-state index is 0. The molecule has 0 bridgehead atoms. The van der Waals surface area contributed by atoms with Crippen molar-refractivity contribution in [2.75, 3.05) is 13.1 Å². The number of carbonyl (C=O) groups excluding carboxylic acids is 1. The van der Waals surface area contributed by atoms with E-state index in [9.17, 15) is 4.79 Å². The molecular weight excluding hydrogens is 326 g/mol. The summed E-state index contributed by atoms with van der Waals surface area (Å²) in [7, 11) is 0. The number of oxazole rings is 1. The molecule has 3 rings (SSSR count). The predicted octanol–water partition coefficient (Wildman–Crippen LogP) is 2.89. The summed E-state index contributed by atoms with van der Waals surface area (Å²) < 4.78 is 5.50. The van der Waals surface area contributed by atoms with E-state index < -0.39 is 0 Å². The van der Waals surface area contributed by atoms with Crippen molar-refractivity contribution in [3.63, 3.8) is 0 Å². The minimum Gasteiger partial charge on any atom is -0.444 e. The van der Waals surface area contributed by atoms with Crippen LogP contribution >= 0.6 is 12.4 Å². The van der Waals surface area contributed by atoms with E-state index >= 15 is 0 Å². The Morgan fingerprint density at radius 2 is 2.12 bits per heavy atom. The second-order valence-electron chi connectivity index (χ2n) is 6.29. The molecule has 2 aromatic rings. The zero-order chi connectivity index (χ0) is 16.2. The lowest BCUT2D eigenvalue weighted by atomic mass is 9.92. The van der Waals surface area contributed by atoms with Gasteiger partial charge in [0.1, 0.15) is 6.26 Å². The first-order valence-corrected chi connectivity index (χ1v) is 8.16. The zero-order valence-electron chi connectivity index (χ0n) is 13.9. The maximum Gasteiger partial charge on any atom is 0.229 e. The Bertz CT molecular complexity index is 659. The van der Waals surface area contributed by atoms with E-state index in [1.54, 1.807) is 6.26 Å². The van der Waals surface area contributed by atoms with Gasteiger partial charge in [0.15, 0.2) is 0 Å². The molecule has 2 heterocycles. The number of nitrogens with two attached hydrogens (primary N) is 1. The highest BCUT2D eigenvalue weighted by Crippen LogP contribution is 2.23. The number of rotatable bonds is 4. The molecule has 2 N–H and O–H groups in total. The van der Waals surface area contributed by atoms with E-state index in [1.165, 1.54) is 0 Å². The lowest BCUT2D eigenvalue weighted by molar-refractivity contribution is -0.134. The second-order valence-corrected chi connectivity index (χ2v) is 6.29. The van der Waals surface area contributed by atoms with Crippen LogP contribution in [0.2, 0.25) is 0 Å². The van der Waals surface area contributed by atoms with Crippen LogP contribution in [0.1, 0.15) is 25.5 Å². The first kappa shape index (κ1) is 18.5. The lowest BCUT2D eigenvalue weighted by Crippen LogP contribution is -2.49. The molecule has 1 fully saturated rings. The molecule has 24 heavy (non-hydrogen) atoms. The molecule has 130 valence electrons. The first-order chi connectivity index (χ1) is 11.2. The molecule has 1 aliphatic rings. The summed E-state index contributed by atoms with van der Waals surface area (Å²) in [6.45, 7) is 3.52. The molecule has 1 saturated heterocycles. The van der Waals surface area contributed by atoms with Gasteiger partial charge in [0, 0.05) is 24.7 Å². The van der Waals surface area contributed by atoms with Gasteiger partial charge in [-0.15, -0.1) is 12.4 Å². The molecule has 0 aliphatic carbocycles. The van der Waals surface area contributed by atoms with Crippen molar-refractivity contribution in [2.24, 2.45) is 11.7 Å². The summed E-state index contributed by atoms with van der Waals surface area (Å²) in [4.78, 5) is 18.9. The summed E-state index contributed by atoms with van der Waals surface area (Å²) in [5.74, 6) is 1.26. The zero-order valence-corrected chi connectivity index (χ0v) is 14.7. The maximum atomic E-state index is 12.6. The van der Waals surface area contributed by atoms with Crippen LogP contribution in [0.3, 0.4) is 0 Å². The molecule has 1 aromatic carbocycles. The quantitative estimate of drug-likeness (QED) is 0.921. The number of benzene rings is 1. The Morgan fingerprint density at radius 1 is 1.38 bits per heavy atom. The van der Waals surface area contributed by atoms with E-state index in [-0.39, 0.29) is 30.8 Å². The van der Waals surface area contributed by atoms with E-state index in [1.807, 2.05) is 35.2 Å². The van der Waals surface area contributed by atoms with Crippen LogP contribution in [0.4, 0.5) is 0 Å². The van der Waals surface area contributed by atoms with Gasteiger partial charge in [-0.1, -0.05) is 25.1 Å². The number of amides is 1. The number of carbonyl (C=O) groups is 1. The average Bonchev–Trinajstić information content (AvgIpc) is 3.04. The van der Waals surface area contributed by atoms with Crippen LogP contribution in [0.15, 0.2) is 41.0 Å². The lowest BCUT2D eigenvalue weighted by Gasteiger charge is -2.38. The molecule has 6 heteroatoms. The molecule has 0 radical (unpaired) electrons. The van der Waals surface area contributed by atoms with Crippen LogP contribution in [0.5, 0.6) is 0 Å². The van der Waals surface area contributed by atoms with Gasteiger partial charge >= 0.3 is 0 Å². The van der Waals surface area contributed by atoms with Crippen molar-refractivity contribution in [1.29, 1.82) is 0 Å². The van der Waals surface area contributed by atoms with Gasteiger partial charge in [-0.05, 0) is 30.9 Å². The average molecular weight is 350 g/mol. The molecular formula is C18H24ClN3O2. The Labute approximate surface area is 148 Å². The van der Waals surface area contributed by atoms with Crippen LogP contribution in [0.25, 0.3) is 11.5 Å². The fourth-order valence-electron chi connectivity index (χ4n) is 3.16. The van der Waals surface area contributed by atoms with E-state index in [2.05, 4.69) is 11.9 Å². The van der Waals surface area contributed by atoms with Gasteiger partial charge in [-0.25, -0.2) is 4.98 Å². The van der Waals surface area contributed by atoms with E-state index in [0.29, 0.717) is 24.0 Å². The number of piperidine rings is 1. The Hall–Kier alpha value is -1.85. The van der Waals surface area contributed by atoms with Gasteiger partial charge in [-0.3, -0.25) is 4.79 Å². The first-order valence-electron chi connectivity index (χ1n) is 8.16. The second kappa shape index (κ2) is 8.31. The highest BCUT2D eigenvalue weighted by molar-refractivity contribution is 5.85. The third kappa shape index (κ3) is 4.16. The maximum absolute atomic E-state index is 12.6. The summed E-state index contributed by atoms with van der Waals surface area (Å²) in [5.41, 5.74) is 7.42. The third-order valence-corrected chi connectivity index (χ3v) is 4.48. The van der Waals surface area contributed by atoms with Crippen LogP contribution < -0.4 is 5.73 Å². The smallest absolute Gasteiger partial charge is 0.229 e. The van der Waals surface area contributed by atoms with Crippen LogP contribution in [0, 0.1) is 5.92 Å². The monoisotopic (exact) mass is 349 g/mol. The highest BCUT2D eigenvalue weighted by Gasteiger charge is 2.29. The summed E-state index contributed by atoms with van der Waals surface area (Å²) in [5, 5.41) is 0. The molecule has 1 aliphatic heterocycles. The number of likely N-dealkylation sites (tertiary alicyclic amines) is 1. The van der Waals surface area contributed by atoms with Gasteiger partial charge in [-0.2, -0.15) is 0 Å². The molecule has 5 nitrogen and oxygen atoms in total. The molecule has 2 unspecified atom stereocenters. The topological polar surface area (TPSA) is 72.4 Å². The third-order valence-electron chi connectivity index (χ3n) is 4.48. The van der Waals surface area contributed by atoms with Crippen LogP contribution in [-0.4, -0.2) is 34.9 Å². The molecule has 0 saturated carbocycles. The van der Waals surface area contributed by atoms with Crippen molar-refractivity contribution >= 4 is 18.3 Å². The predicted molar refractivity (Wildman–Crippen MR) is 95.8 cm³/mol. The minimum absolute atomic E-state index is 0. The number of hydrogen-bond acceptors (Lipinski definition) is 4. The fourth-order valence-corrected chi connectivity index (χ4v) is 3.16.